The van der Waals surface area contributed by atoms with E-state index < -0.39 is 0 Å². The first kappa shape index (κ1) is 12.0. The number of carbonyl (C=O) groups is 1. The number of hydrogen-bond acceptors (Lipinski definition) is 6. The van der Waals surface area contributed by atoms with Gasteiger partial charge in [0.15, 0.2) is 0 Å². The third-order valence-corrected chi connectivity index (χ3v) is 5.09. The second-order valence-electron chi connectivity index (χ2n) is 5.27. The molecular formula is C13H14N4O2S. The molecule has 6 nitrogen and oxygen atoms in total. The molecule has 0 aliphatic carbocycles. The van der Waals surface area contributed by atoms with Gasteiger partial charge in [-0.2, -0.15) is 0 Å². The predicted octanol–water partition coefficient (Wildman–Crippen LogP) is 1.42. The summed E-state index contributed by atoms with van der Waals surface area (Å²) < 4.78 is 5.13. The zero-order valence-electron chi connectivity index (χ0n) is 10.7. The van der Waals surface area contributed by atoms with Crippen LogP contribution in [0.3, 0.4) is 0 Å². The van der Waals surface area contributed by atoms with Crippen molar-refractivity contribution in [1.29, 1.82) is 0 Å². The number of nitrogens with one attached hydrogen (secondary N) is 2. The number of amides is 1. The molecule has 2 aromatic rings. The molecule has 1 amide bonds. The van der Waals surface area contributed by atoms with Gasteiger partial charge in [-0.05, 0) is 31.4 Å². The highest BCUT2D eigenvalue weighted by atomic mass is 32.1. The van der Waals surface area contributed by atoms with Crippen molar-refractivity contribution in [3.8, 4) is 10.8 Å². The van der Waals surface area contributed by atoms with Crippen LogP contribution in [0, 0.1) is 0 Å². The number of fused-ring (bicyclic) bond motifs is 2. The number of thiophene rings is 1. The lowest BCUT2D eigenvalue weighted by molar-refractivity contribution is 0.0935. The Morgan fingerprint density at radius 3 is 3.10 bits per heavy atom. The molecule has 0 saturated carbocycles. The highest BCUT2D eigenvalue weighted by molar-refractivity contribution is 7.17. The van der Waals surface area contributed by atoms with Gasteiger partial charge < -0.3 is 15.1 Å². The van der Waals surface area contributed by atoms with E-state index in [1.165, 1.54) is 24.2 Å². The van der Waals surface area contributed by atoms with E-state index >= 15 is 0 Å². The van der Waals surface area contributed by atoms with E-state index in [1.807, 2.05) is 6.07 Å². The molecule has 4 rings (SSSR count). The van der Waals surface area contributed by atoms with Gasteiger partial charge in [-0.25, -0.2) is 0 Å². The summed E-state index contributed by atoms with van der Waals surface area (Å²) in [7, 11) is 0. The predicted molar refractivity (Wildman–Crippen MR) is 73.4 cm³/mol. The van der Waals surface area contributed by atoms with E-state index in [2.05, 4.69) is 20.8 Å². The molecule has 4 heterocycles. The van der Waals surface area contributed by atoms with Gasteiger partial charge in [-0.1, -0.05) is 0 Å². The van der Waals surface area contributed by atoms with E-state index in [9.17, 15) is 4.79 Å². The van der Waals surface area contributed by atoms with Gasteiger partial charge in [-0.15, -0.1) is 21.5 Å². The largest absolute Gasteiger partial charge is 0.423 e. The van der Waals surface area contributed by atoms with Gasteiger partial charge in [0.2, 0.25) is 6.39 Å². The molecule has 0 aromatic carbocycles. The molecule has 0 spiro atoms. The first-order valence-electron chi connectivity index (χ1n) is 6.73. The van der Waals surface area contributed by atoms with Crippen molar-refractivity contribution in [2.75, 3.05) is 0 Å². The van der Waals surface area contributed by atoms with Gasteiger partial charge in [0.25, 0.3) is 11.8 Å². The first-order valence-corrected chi connectivity index (χ1v) is 7.54. The molecule has 2 aromatic heterocycles. The van der Waals surface area contributed by atoms with E-state index in [1.54, 1.807) is 6.07 Å². The Hall–Kier alpha value is -1.73. The highest BCUT2D eigenvalue weighted by Gasteiger charge is 2.39. The SMILES string of the molecule is O=C(N[C@@H]1C[C@H]2CC[C@@H]1N2)c1ccc(-c2nnco2)s1. The summed E-state index contributed by atoms with van der Waals surface area (Å²) in [5.41, 5.74) is 0. The maximum atomic E-state index is 12.3. The Morgan fingerprint density at radius 1 is 1.45 bits per heavy atom. The van der Waals surface area contributed by atoms with Crippen LogP contribution in [0.15, 0.2) is 22.9 Å². The Balaban J connectivity index is 1.46. The lowest BCUT2D eigenvalue weighted by atomic mass is 9.95. The Kier molecular flexibility index (Phi) is 2.82. The topological polar surface area (TPSA) is 80.0 Å². The summed E-state index contributed by atoms with van der Waals surface area (Å²) in [6.45, 7) is 0. The van der Waals surface area contributed by atoms with Gasteiger partial charge in [0.1, 0.15) is 0 Å². The lowest BCUT2D eigenvalue weighted by Gasteiger charge is -2.20. The zero-order valence-corrected chi connectivity index (χ0v) is 11.5. The number of aromatic nitrogens is 2. The molecule has 104 valence electrons. The molecule has 2 fully saturated rings. The van der Waals surface area contributed by atoms with Crippen molar-refractivity contribution in [3.05, 3.63) is 23.4 Å². The highest BCUT2D eigenvalue weighted by Crippen LogP contribution is 2.30. The Labute approximate surface area is 119 Å². The van der Waals surface area contributed by atoms with Crippen LogP contribution in [0.1, 0.15) is 28.9 Å². The van der Waals surface area contributed by atoms with Crippen molar-refractivity contribution < 1.29 is 9.21 Å². The monoisotopic (exact) mass is 290 g/mol. The number of carbonyl (C=O) groups excluding carboxylic acids is 1. The van der Waals surface area contributed by atoms with Gasteiger partial charge >= 0.3 is 0 Å². The van der Waals surface area contributed by atoms with Crippen molar-refractivity contribution in [2.24, 2.45) is 0 Å². The van der Waals surface area contributed by atoms with Crippen LogP contribution in [0.5, 0.6) is 0 Å². The minimum Gasteiger partial charge on any atom is -0.423 e. The summed E-state index contributed by atoms with van der Waals surface area (Å²) in [5, 5.41) is 14.1. The quantitative estimate of drug-likeness (QED) is 0.893. The van der Waals surface area contributed by atoms with Crippen molar-refractivity contribution in [3.63, 3.8) is 0 Å². The first-order chi connectivity index (χ1) is 9.79. The minimum absolute atomic E-state index is 0.0138. The Bertz CT molecular complexity index is 624. The molecule has 3 atom stereocenters. The Morgan fingerprint density at radius 2 is 2.40 bits per heavy atom. The summed E-state index contributed by atoms with van der Waals surface area (Å²) in [5.74, 6) is 0.441. The molecule has 0 radical (unpaired) electrons. The van der Waals surface area contributed by atoms with Crippen LogP contribution in [0.2, 0.25) is 0 Å². The molecular weight excluding hydrogens is 276 g/mol. The molecule has 2 aliphatic rings. The summed E-state index contributed by atoms with van der Waals surface area (Å²) >= 11 is 1.37. The summed E-state index contributed by atoms with van der Waals surface area (Å²) in [6, 6.07) is 4.93. The summed E-state index contributed by atoms with van der Waals surface area (Å²) in [6.07, 6.45) is 4.72. The maximum Gasteiger partial charge on any atom is 0.261 e. The van der Waals surface area contributed by atoms with Crippen molar-refractivity contribution in [2.45, 2.75) is 37.4 Å². The van der Waals surface area contributed by atoms with E-state index in [-0.39, 0.29) is 11.9 Å². The fraction of sp³-hybridized carbons (Fsp3) is 0.462. The van der Waals surface area contributed by atoms with Crippen LogP contribution >= 0.6 is 11.3 Å². The molecule has 2 bridgehead atoms. The van der Waals surface area contributed by atoms with Gasteiger partial charge in [0.05, 0.1) is 9.75 Å². The van der Waals surface area contributed by atoms with Gasteiger partial charge in [-0.3, -0.25) is 4.79 Å². The smallest absolute Gasteiger partial charge is 0.261 e. The summed E-state index contributed by atoms with van der Waals surface area (Å²) in [4.78, 5) is 13.8. The van der Waals surface area contributed by atoms with E-state index in [4.69, 9.17) is 4.42 Å². The molecule has 20 heavy (non-hydrogen) atoms. The lowest BCUT2D eigenvalue weighted by Crippen LogP contribution is -2.42. The fourth-order valence-corrected chi connectivity index (χ4v) is 3.92. The van der Waals surface area contributed by atoms with E-state index in [0.717, 1.165) is 17.7 Å². The molecule has 2 N–H and O–H groups in total. The molecule has 2 aliphatic heterocycles. The van der Waals surface area contributed by atoms with Crippen molar-refractivity contribution >= 4 is 17.2 Å². The average Bonchev–Trinajstić information content (AvgIpc) is 3.21. The molecule has 2 saturated heterocycles. The normalized spacial score (nSPS) is 27.9. The number of hydrogen-bond donors (Lipinski definition) is 2. The maximum absolute atomic E-state index is 12.3. The van der Waals surface area contributed by atoms with Crippen LogP contribution in [0.4, 0.5) is 0 Å². The van der Waals surface area contributed by atoms with Gasteiger partial charge in [0, 0.05) is 18.1 Å². The fourth-order valence-electron chi connectivity index (χ4n) is 3.08. The molecule has 0 unspecified atom stereocenters. The molecule has 7 heteroatoms. The minimum atomic E-state index is -0.0138. The second-order valence-corrected chi connectivity index (χ2v) is 6.35. The number of nitrogens with zero attached hydrogens (tertiary/aromatic N) is 2. The number of rotatable bonds is 3. The van der Waals surface area contributed by atoms with E-state index in [0.29, 0.717) is 22.9 Å². The third kappa shape index (κ3) is 2.03. The second kappa shape index (κ2) is 4.68. The van der Waals surface area contributed by atoms with Crippen LogP contribution in [-0.4, -0.2) is 34.2 Å². The van der Waals surface area contributed by atoms with Crippen LogP contribution in [-0.2, 0) is 0 Å². The van der Waals surface area contributed by atoms with Crippen LogP contribution < -0.4 is 10.6 Å². The van der Waals surface area contributed by atoms with Crippen LogP contribution in [0.25, 0.3) is 10.8 Å². The average molecular weight is 290 g/mol. The van der Waals surface area contributed by atoms with Crippen molar-refractivity contribution in [1.82, 2.24) is 20.8 Å². The standard InChI is InChI=1S/C13H14N4O2S/c18-12(16-9-5-7-1-2-8(9)15-7)10-3-4-11(20-10)13-17-14-6-19-13/h3-4,6-9,15H,1-2,5H2,(H,16,18)/t7-,8+,9-/m1/s1. The zero-order chi connectivity index (χ0) is 13.5. The third-order valence-electron chi connectivity index (χ3n) is 4.02.